The third kappa shape index (κ3) is 1.55. The highest BCUT2D eigenvalue weighted by Gasteiger charge is 2.00. The predicted octanol–water partition coefficient (Wildman–Crippen LogP) is 1.03. The molecule has 0 aliphatic carbocycles. The summed E-state index contributed by atoms with van der Waals surface area (Å²) >= 11 is 0. The predicted molar refractivity (Wildman–Crippen MR) is 45.6 cm³/mol. The van der Waals surface area contributed by atoms with Gasteiger partial charge in [-0.3, -0.25) is 0 Å². The second-order valence-electron chi connectivity index (χ2n) is 2.34. The van der Waals surface area contributed by atoms with Gasteiger partial charge in [0.2, 0.25) is 0 Å². The van der Waals surface area contributed by atoms with Gasteiger partial charge in [0, 0.05) is 6.54 Å². The van der Waals surface area contributed by atoms with Gasteiger partial charge in [0.1, 0.15) is 5.75 Å². The number of ether oxygens (including phenoxy) is 1. The van der Waals surface area contributed by atoms with E-state index in [0.717, 1.165) is 11.3 Å². The molecule has 0 fully saturated rings. The van der Waals surface area contributed by atoms with Gasteiger partial charge in [-0.2, -0.15) is 5.26 Å². The van der Waals surface area contributed by atoms with Gasteiger partial charge in [0.15, 0.2) is 0 Å². The Morgan fingerprint density at radius 1 is 1.58 bits per heavy atom. The van der Waals surface area contributed by atoms with Crippen LogP contribution >= 0.6 is 0 Å². The van der Waals surface area contributed by atoms with Crippen molar-refractivity contribution in [2.75, 3.05) is 7.11 Å². The number of nitriles is 1. The molecule has 0 aliphatic rings. The Labute approximate surface area is 71.4 Å². The van der Waals surface area contributed by atoms with E-state index in [1.165, 1.54) is 0 Å². The largest absolute Gasteiger partial charge is 0.497 e. The van der Waals surface area contributed by atoms with Crippen LogP contribution in [0, 0.1) is 11.3 Å². The Balaban J connectivity index is 3.13. The van der Waals surface area contributed by atoms with E-state index in [9.17, 15) is 0 Å². The maximum Gasteiger partial charge on any atom is 0.119 e. The first-order valence-electron chi connectivity index (χ1n) is 3.59. The van der Waals surface area contributed by atoms with Crippen molar-refractivity contribution in [1.29, 1.82) is 5.26 Å². The first-order chi connectivity index (χ1) is 5.81. The topological polar surface area (TPSA) is 59.0 Å². The molecule has 0 aliphatic heterocycles. The summed E-state index contributed by atoms with van der Waals surface area (Å²) in [5, 5.41) is 8.67. The van der Waals surface area contributed by atoms with Gasteiger partial charge in [-0.05, 0) is 23.8 Å². The maximum absolute atomic E-state index is 8.67. The van der Waals surface area contributed by atoms with Crippen LogP contribution in [-0.2, 0) is 6.54 Å². The summed E-state index contributed by atoms with van der Waals surface area (Å²) < 4.78 is 4.99. The van der Waals surface area contributed by atoms with E-state index in [1.54, 1.807) is 25.3 Å². The van der Waals surface area contributed by atoms with Crippen LogP contribution in [0.5, 0.6) is 5.75 Å². The summed E-state index contributed by atoms with van der Waals surface area (Å²) in [5.41, 5.74) is 6.87. The molecule has 12 heavy (non-hydrogen) atoms. The van der Waals surface area contributed by atoms with Gasteiger partial charge in [-0.15, -0.1) is 0 Å². The van der Waals surface area contributed by atoms with Crippen LogP contribution in [0.3, 0.4) is 0 Å². The molecule has 2 N–H and O–H groups in total. The monoisotopic (exact) mass is 162 g/mol. The van der Waals surface area contributed by atoms with Crippen molar-refractivity contribution in [2.24, 2.45) is 5.73 Å². The Bertz CT molecular complexity index is 315. The molecule has 0 spiro atoms. The molecule has 0 unspecified atom stereocenters. The molecule has 0 amide bonds. The Hall–Kier alpha value is -1.53. The van der Waals surface area contributed by atoms with E-state index in [0.29, 0.717) is 12.1 Å². The average Bonchev–Trinajstić information content (AvgIpc) is 2.16. The van der Waals surface area contributed by atoms with Gasteiger partial charge in [-0.1, -0.05) is 0 Å². The third-order valence-electron chi connectivity index (χ3n) is 1.65. The van der Waals surface area contributed by atoms with Crippen molar-refractivity contribution < 1.29 is 4.74 Å². The first kappa shape index (κ1) is 8.57. The van der Waals surface area contributed by atoms with Crippen molar-refractivity contribution in [3.05, 3.63) is 29.3 Å². The number of rotatable bonds is 2. The van der Waals surface area contributed by atoms with Gasteiger partial charge < -0.3 is 10.5 Å². The SMILES string of the molecule is COc1ccc(C#N)c(CN)c1. The van der Waals surface area contributed by atoms with Gasteiger partial charge in [0.05, 0.1) is 18.7 Å². The lowest BCUT2D eigenvalue weighted by atomic mass is 10.1. The zero-order chi connectivity index (χ0) is 8.97. The molecular formula is C9H10N2O. The van der Waals surface area contributed by atoms with Crippen LogP contribution in [0.15, 0.2) is 18.2 Å². The molecule has 0 heterocycles. The standard InChI is InChI=1S/C9H10N2O/c1-12-9-3-2-7(5-10)8(4-9)6-11/h2-4H,6,11H2,1H3. The highest BCUT2D eigenvalue weighted by Crippen LogP contribution is 2.16. The van der Waals surface area contributed by atoms with E-state index in [4.69, 9.17) is 15.7 Å². The summed E-state index contributed by atoms with van der Waals surface area (Å²) in [6.07, 6.45) is 0. The molecule has 1 aromatic carbocycles. The molecular weight excluding hydrogens is 152 g/mol. The van der Waals surface area contributed by atoms with Gasteiger partial charge in [-0.25, -0.2) is 0 Å². The number of nitrogens with zero attached hydrogens (tertiary/aromatic N) is 1. The molecule has 3 heteroatoms. The van der Waals surface area contributed by atoms with Crippen LogP contribution in [0.4, 0.5) is 0 Å². The Kier molecular flexibility index (Phi) is 2.67. The van der Waals surface area contributed by atoms with Gasteiger partial charge >= 0.3 is 0 Å². The number of hydrogen-bond donors (Lipinski definition) is 1. The fraction of sp³-hybridized carbons (Fsp3) is 0.222. The van der Waals surface area contributed by atoms with E-state index >= 15 is 0 Å². The molecule has 3 nitrogen and oxygen atoms in total. The maximum atomic E-state index is 8.67. The highest BCUT2D eigenvalue weighted by molar-refractivity contribution is 5.42. The van der Waals surface area contributed by atoms with E-state index in [-0.39, 0.29) is 0 Å². The molecule has 1 rings (SSSR count). The van der Waals surface area contributed by atoms with Crippen molar-refractivity contribution in [1.82, 2.24) is 0 Å². The molecule has 0 bridgehead atoms. The Morgan fingerprint density at radius 3 is 2.83 bits per heavy atom. The van der Waals surface area contributed by atoms with Crippen LogP contribution in [0.2, 0.25) is 0 Å². The summed E-state index contributed by atoms with van der Waals surface area (Å²) in [6.45, 7) is 0.361. The average molecular weight is 162 g/mol. The van der Waals surface area contributed by atoms with Crippen LogP contribution in [-0.4, -0.2) is 7.11 Å². The first-order valence-corrected chi connectivity index (χ1v) is 3.59. The molecule has 0 aromatic heterocycles. The summed E-state index contributed by atoms with van der Waals surface area (Å²) in [5.74, 6) is 0.731. The van der Waals surface area contributed by atoms with Crippen molar-refractivity contribution in [3.63, 3.8) is 0 Å². The minimum absolute atomic E-state index is 0.361. The Morgan fingerprint density at radius 2 is 2.33 bits per heavy atom. The zero-order valence-electron chi connectivity index (χ0n) is 6.87. The minimum Gasteiger partial charge on any atom is -0.497 e. The fourth-order valence-electron chi connectivity index (χ4n) is 0.975. The highest BCUT2D eigenvalue weighted by atomic mass is 16.5. The second-order valence-corrected chi connectivity index (χ2v) is 2.34. The molecule has 0 radical (unpaired) electrons. The number of benzene rings is 1. The van der Waals surface area contributed by atoms with Crippen LogP contribution in [0.1, 0.15) is 11.1 Å². The molecule has 0 atom stereocenters. The van der Waals surface area contributed by atoms with Crippen molar-refractivity contribution >= 4 is 0 Å². The third-order valence-corrected chi connectivity index (χ3v) is 1.65. The minimum atomic E-state index is 0.361. The quantitative estimate of drug-likeness (QED) is 0.706. The van der Waals surface area contributed by atoms with Crippen LogP contribution in [0.25, 0.3) is 0 Å². The van der Waals surface area contributed by atoms with E-state index in [2.05, 4.69) is 6.07 Å². The smallest absolute Gasteiger partial charge is 0.119 e. The molecule has 1 aromatic rings. The molecule has 62 valence electrons. The number of nitrogens with two attached hydrogens (primary N) is 1. The molecule has 0 saturated heterocycles. The lowest BCUT2D eigenvalue weighted by Gasteiger charge is -2.03. The zero-order valence-corrected chi connectivity index (χ0v) is 6.87. The second kappa shape index (κ2) is 3.74. The number of hydrogen-bond acceptors (Lipinski definition) is 3. The normalized spacial score (nSPS) is 9.08. The molecule has 0 saturated carbocycles. The van der Waals surface area contributed by atoms with E-state index < -0.39 is 0 Å². The fourth-order valence-corrected chi connectivity index (χ4v) is 0.975. The summed E-state index contributed by atoms with van der Waals surface area (Å²) in [4.78, 5) is 0. The van der Waals surface area contributed by atoms with Crippen molar-refractivity contribution in [3.8, 4) is 11.8 Å². The summed E-state index contributed by atoms with van der Waals surface area (Å²) in [6, 6.07) is 7.30. The lowest BCUT2D eigenvalue weighted by Crippen LogP contribution is -1.99. The van der Waals surface area contributed by atoms with Gasteiger partial charge in [0.25, 0.3) is 0 Å². The lowest BCUT2D eigenvalue weighted by molar-refractivity contribution is 0.414. The van der Waals surface area contributed by atoms with E-state index in [1.807, 2.05) is 0 Å². The van der Waals surface area contributed by atoms with Crippen molar-refractivity contribution in [2.45, 2.75) is 6.54 Å². The summed E-state index contributed by atoms with van der Waals surface area (Å²) in [7, 11) is 1.58. The van der Waals surface area contributed by atoms with Crippen LogP contribution < -0.4 is 10.5 Å². The number of methoxy groups -OCH3 is 1.